The van der Waals surface area contributed by atoms with Crippen molar-refractivity contribution in [3.05, 3.63) is 61.4 Å². The van der Waals surface area contributed by atoms with Crippen molar-refractivity contribution in [2.45, 2.75) is 53.0 Å². The van der Waals surface area contributed by atoms with Crippen LogP contribution in [0.4, 0.5) is 0 Å². The van der Waals surface area contributed by atoms with Gasteiger partial charge in [0.05, 0.1) is 16.0 Å². The van der Waals surface area contributed by atoms with Gasteiger partial charge in [0.2, 0.25) is 0 Å². The van der Waals surface area contributed by atoms with Gasteiger partial charge in [0, 0.05) is 29.0 Å². The molecule has 0 radical (unpaired) electrons. The number of nitrogens with zero attached hydrogens (tertiary/aromatic N) is 2. The van der Waals surface area contributed by atoms with Crippen molar-refractivity contribution in [2.75, 3.05) is 6.54 Å². The minimum atomic E-state index is -0.0117. The highest BCUT2D eigenvalue weighted by atomic mass is 79.9. The first-order valence-corrected chi connectivity index (χ1v) is 13.6. The molecule has 1 aromatic carbocycles. The monoisotopic (exact) mass is 523 g/mol. The first-order chi connectivity index (χ1) is 15.8. The first-order valence-electron chi connectivity index (χ1n) is 12.0. The quantitative estimate of drug-likeness (QED) is 0.327. The highest BCUT2D eigenvalue weighted by Gasteiger charge is 2.54. The summed E-state index contributed by atoms with van der Waals surface area (Å²) in [7, 11) is 0. The predicted molar refractivity (Wildman–Crippen MR) is 137 cm³/mol. The van der Waals surface area contributed by atoms with Crippen molar-refractivity contribution in [3.63, 3.8) is 0 Å². The summed E-state index contributed by atoms with van der Waals surface area (Å²) in [5, 5.41) is 8.16. The van der Waals surface area contributed by atoms with Crippen LogP contribution in [0.25, 0.3) is 11.3 Å². The van der Waals surface area contributed by atoms with E-state index in [1.54, 1.807) is 11.3 Å². The van der Waals surface area contributed by atoms with Gasteiger partial charge >= 0.3 is 0 Å². The molecular weight excluding hydrogens is 494 g/mol. The van der Waals surface area contributed by atoms with E-state index in [0.717, 1.165) is 39.8 Å². The molecule has 2 aromatic heterocycles. The Morgan fingerprint density at radius 2 is 2.06 bits per heavy atom. The van der Waals surface area contributed by atoms with Gasteiger partial charge in [0.15, 0.2) is 5.69 Å². The zero-order chi connectivity index (χ0) is 22.9. The van der Waals surface area contributed by atoms with E-state index in [1.165, 1.54) is 40.8 Å². The number of carbonyl (C=O) groups is 1. The number of rotatable bonds is 5. The minimum absolute atomic E-state index is 0.0117. The second-order valence-electron chi connectivity index (χ2n) is 10.8. The largest absolute Gasteiger partial charge is 0.350 e. The van der Waals surface area contributed by atoms with Crippen molar-refractivity contribution >= 4 is 33.2 Å². The number of carbonyl (C=O) groups excluding carboxylic acids is 1. The van der Waals surface area contributed by atoms with Gasteiger partial charge < -0.3 is 5.32 Å². The van der Waals surface area contributed by atoms with Crippen molar-refractivity contribution in [3.8, 4) is 11.3 Å². The van der Waals surface area contributed by atoms with Crippen LogP contribution in [-0.4, -0.2) is 22.2 Å². The highest BCUT2D eigenvalue weighted by Crippen LogP contribution is 2.61. The van der Waals surface area contributed by atoms with Crippen LogP contribution in [-0.2, 0) is 13.0 Å². The maximum atomic E-state index is 13.4. The summed E-state index contributed by atoms with van der Waals surface area (Å²) in [6.07, 6.45) is 4.67. The summed E-state index contributed by atoms with van der Waals surface area (Å²) in [5.74, 6) is 2.20. The van der Waals surface area contributed by atoms with E-state index in [2.05, 4.69) is 72.3 Å². The fourth-order valence-electron chi connectivity index (χ4n) is 6.53. The fraction of sp³-hybridized carbons (Fsp3) is 0.481. The lowest BCUT2D eigenvalue weighted by atomic mass is 9.45. The molecule has 3 atom stereocenters. The van der Waals surface area contributed by atoms with Crippen molar-refractivity contribution < 1.29 is 4.79 Å². The number of hydrogen-bond acceptors (Lipinski definition) is 3. The Kier molecular flexibility index (Phi) is 5.11. The molecule has 2 bridgehead atoms. The Labute approximate surface area is 207 Å². The Morgan fingerprint density at radius 1 is 1.27 bits per heavy atom. The lowest BCUT2D eigenvalue weighted by Crippen LogP contribution is -2.54. The Hall–Kier alpha value is -1.92. The van der Waals surface area contributed by atoms with Gasteiger partial charge in [-0.1, -0.05) is 43.7 Å². The summed E-state index contributed by atoms with van der Waals surface area (Å²) in [6.45, 7) is 8.37. The fourth-order valence-corrected chi connectivity index (χ4v) is 8.24. The molecule has 3 unspecified atom stereocenters. The van der Waals surface area contributed by atoms with Gasteiger partial charge in [-0.3, -0.25) is 9.48 Å². The van der Waals surface area contributed by atoms with Crippen molar-refractivity contribution in [1.29, 1.82) is 0 Å². The van der Waals surface area contributed by atoms with E-state index in [1.807, 2.05) is 4.68 Å². The smallest absolute Gasteiger partial charge is 0.272 e. The third kappa shape index (κ3) is 3.52. The molecule has 7 rings (SSSR count). The van der Waals surface area contributed by atoms with Crippen LogP contribution in [0.2, 0.25) is 0 Å². The van der Waals surface area contributed by atoms with Crippen molar-refractivity contribution in [1.82, 2.24) is 15.1 Å². The number of halogens is 1. The maximum Gasteiger partial charge on any atom is 0.272 e. The van der Waals surface area contributed by atoms with Crippen LogP contribution in [0.3, 0.4) is 0 Å². The van der Waals surface area contributed by atoms with Gasteiger partial charge in [0.1, 0.15) is 0 Å². The molecule has 6 heteroatoms. The molecule has 0 saturated heterocycles. The van der Waals surface area contributed by atoms with Crippen LogP contribution in [0.1, 0.15) is 65.2 Å². The highest BCUT2D eigenvalue weighted by molar-refractivity contribution is 9.11. The van der Waals surface area contributed by atoms with Crippen LogP contribution < -0.4 is 5.32 Å². The zero-order valence-corrected chi connectivity index (χ0v) is 21.9. The average molecular weight is 525 g/mol. The molecule has 4 aliphatic rings. The van der Waals surface area contributed by atoms with Crippen LogP contribution in [0, 0.1) is 30.1 Å². The van der Waals surface area contributed by atoms with Crippen molar-refractivity contribution in [2.24, 2.45) is 23.2 Å². The molecule has 1 amide bonds. The number of benzene rings is 1. The summed E-state index contributed by atoms with van der Waals surface area (Å²) < 4.78 is 3.17. The molecule has 4 nitrogen and oxygen atoms in total. The molecule has 0 spiro atoms. The van der Waals surface area contributed by atoms with E-state index in [0.29, 0.717) is 23.6 Å². The summed E-state index contributed by atoms with van der Waals surface area (Å²) in [4.78, 5) is 14.7. The van der Waals surface area contributed by atoms with Gasteiger partial charge in [0.25, 0.3) is 5.91 Å². The molecule has 4 aliphatic carbocycles. The van der Waals surface area contributed by atoms with Crippen LogP contribution >= 0.6 is 27.3 Å². The topological polar surface area (TPSA) is 46.9 Å². The molecule has 3 saturated carbocycles. The van der Waals surface area contributed by atoms with Gasteiger partial charge in [-0.05, 0) is 76.9 Å². The average Bonchev–Trinajstić information content (AvgIpc) is 3.43. The third-order valence-electron chi connectivity index (χ3n) is 8.62. The maximum absolute atomic E-state index is 13.4. The molecule has 33 heavy (non-hydrogen) atoms. The molecule has 172 valence electrons. The number of fused-ring (bicyclic) bond motifs is 5. The molecule has 3 aromatic rings. The van der Waals surface area contributed by atoms with Crippen LogP contribution in [0.5, 0.6) is 0 Å². The molecule has 2 heterocycles. The first kappa shape index (κ1) is 21.6. The predicted octanol–water partition coefficient (Wildman–Crippen LogP) is 6.44. The molecule has 0 aliphatic heterocycles. The van der Waals surface area contributed by atoms with Gasteiger partial charge in [-0.25, -0.2) is 0 Å². The van der Waals surface area contributed by atoms with E-state index in [-0.39, 0.29) is 5.91 Å². The zero-order valence-electron chi connectivity index (χ0n) is 19.5. The normalized spacial score (nSPS) is 24.2. The van der Waals surface area contributed by atoms with Gasteiger partial charge in [-0.2, -0.15) is 5.10 Å². The van der Waals surface area contributed by atoms with E-state index >= 15 is 0 Å². The SMILES string of the molecule is Cc1ccc(Cn2nc(C(=O)NCC3CCC4CC3C4(C)C)c3c2-c2cc(Br)sc2C3)cc1. The Bertz CT molecular complexity index is 1240. The number of aromatic nitrogens is 2. The lowest BCUT2D eigenvalue weighted by molar-refractivity contribution is -0.103. The third-order valence-corrected chi connectivity index (χ3v) is 10.3. The Morgan fingerprint density at radius 3 is 2.79 bits per heavy atom. The van der Waals surface area contributed by atoms with Gasteiger partial charge in [-0.15, -0.1) is 11.3 Å². The summed E-state index contributed by atoms with van der Waals surface area (Å²) >= 11 is 5.40. The number of nitrogens with one attached hydrogen (secondary N) is 1. The second-order valence-corrected chi connectivity index (χ2v) is 13.3. The Balaban J connectivity index is 1.27. The number of aryl methyl sites for hydroxylation is 1. The molecule has 1 N–H and O–H groups in total. The summed E-state index contributed by atoms with van der Waals surface area (Å²) in [6, 6.07) is 10.8. The second kappa shape index (κ2) is 7.81. The van der Waals surface area contributed by atoms with Crippen LogP contribution in [0.15, 0.2) is 34.1 Å². The standard InChI is InChI=1S/C27H30BrN3OS/c1-15-4-6-16(7-5-15)14-31-25-19-12-23(28)33-22(19)11-20(25)24(30-31)26(32)29-13-17-8-9-18-10-21(17)27(18,2)3/h4-7,12,17-18,21H,8-11,13-14H2,1-3H3,(H,29,32). The van der Waals surface area contributed by atoms with E-state index in [4.69, 9.17) is 5.10 Å². The number of hydrogen-bond donors (Lipinski definition) is 1. The van der Waals surface area contributed by atoms with E-state index < -0.39 is 0 Å². The molecule has 3 fully saturated rings. The molecular formula is C27H30BrN3OS. The number of amides is 1. The summed E-state index contributed by atoms with van der Waals surface area (Å²) in [5.41, 5.74) is 6.90. The van der Waals surface area contributed by atoms with E-state index in [9.17, 15) is 4.79 Å². The number of thiophene rings is 1. The lowest BCUT2D eigenvalue weighted by Gasteiger charge is -2.60. The minimum Gasteiger partial charge on any atom is -0.350 e.